The highest BCUT2D eigenvalue weighted by Crippen LogP contribution is 2.44. The van der Waals surface area contributed by atoms with Gasteiger partial charge in [0.2, 0.25) is 0 Å². The molecule has 0 unspecified atom stereocenters. The van der Waals surface area contributed by atoms with E-state index in [2.05, 4.69) is 215 Å². The van der Waals surface area contributed by atoms with E-state index >= 15 is 0 Å². The predicted molar refractivity (Wildman–Crippen MR) is 244 cm³/mol. The molecule has 0 aliphatic heterocycles. The summed E-state index contributed by atoms with van der Waals surface area (Å²) in [5, 5.41) is 7.60. The summed E-state index contributed by atoms with van der Waals surface area (Å²) in [4.78, 5) is 0. The Balaban J connectivity index is 1.06. The van der Waals surface area contributed by atoms with Crippen LogP contribution >= 0.6 is 11.3 Å². The van der Waals surface area contributed by atoms with Gasteiger partial charge >= 0.3 is 0 Å². The molecule has 12 rings (SSSR count). The molecule has 57 heavy (non-hydrogen) atoms. The molecule has 266 valence electrons. The van der Waals surface area contributed by atoms with Crippen molar-refractivity contribution < 1.29 is 0 Å². The molecule has 0 fully saturated rings. The molecule has 0 saturated carbocycles. The number of aromatic nitrogens is 2. The van der Waals surface area contributed by atoms with E-state index in [1.807, 2.05) is 11.3 Å². The number of rotatable bonds is 5. The van der Waals surface area contributed by atoms with Crippen LogP contribution in [0.3, 0.4) is 0 Å². The fourth-order valence-electron chi connectivity index (χ4n) is 9.09. The number of hydrogen-bond donors (Lipinski definition) is 0. The quantitative estimate of drug-likeness (QED) is 0.166. The Morgan fingerprint density at radius 3 is 1.47 bits per heavy atom. The SMILES string of the molecule is c1ccc(-c2ccc(-c3cccc(-c4cc(-n5c6ccccc6c6cc(-n7c8ccccc8c8ccccc87)ccc65)cc5c4sc4ccccc45)c3)cc2)cc1. The third kappa shape index (κ3) is 5.03. The van der Waals surface area contributed by atoms with Crippen LogP contribution in [0.25, 0.3) is 109 Å². The zero-order valence-corrected chi connectivity index (χ0v) is 31.7. The molecule has 0 amide bonds. The van der Waals surface area contributed by atoms with Crippen LogP contribution in [-0.4, -0.2) is 9.13 Å². The van der Waals surface area contributed by atoms with E-state index in [1.165, 1.54) is 97.2 Å². The average molecular weight is 743 g/mol. The third-order valence-corrected chi connectivity index (χ3v) is 12.9. The van der Waals surface area contributed by atoms with Gasteiger partial charge in [0, 0.05) is 58.7 Å². The van der Waals surface area contributed by atoms with Gasteiger partial charge in [0.1, 0.15) is 0 Å². The lowest BCUT2D eigenvalue weighted by molar-refractivity contribution is 1.17. The van der Waals surface area contributed by atoms with E-state index in [-0.39, 0.29) is 0 Å². The van der Waals surface area contributed by atoms with Crippen LogP contribution in [0.2, 0.25) is 0 Å². The second-order valence-electron chi connectivity index (χ2n) is 14.9. The van der Waals surface area contributed by atoms with E-state index < -0.39 is 0 Å². The van der Waals surface area contributed by atoms with Gasteiger partial charge in [0.25, 0.3) is 0 Å². The van der Waals surface area contributed by atoms with Gasteiger partial charge in [-0.2, -0.15) is 0 Å². The summed E-state index contributed by atoms with van der Waals surface area (Å²) < 4.78 is 7.50. The number of fused-ring (bicyclic) bond motifs is 9. The fourth-order valence-corrected chi connectivity index (χ4v) is 10.3. The van der Waals surface area contributed by atoms with Gasteiger partial charge in [-0.15, -0.1) is 11.3 Å². The van der Waals surface area contributed by atoms with Gasteiger partial charge in [0.05, 0.1) is 22.1 Å². The van der Waals surface area contributed by atoms with Crippen LogP contribution < -0.4 is 0 Å². The molecule has 0 aliphatic carbocycles. The number of thiophene rings is 1. The fraction of sp³-hybridized carbons (Fsp3) is 0. The minimum Gasteiger partial charge on any atom is -0.309 e. The summed E-state index contributed by atoms with van der Waals surface area (Å²) in [5.74, 6) is 0. The van der Waals surface area contributed by atoms with Gasteiger partial charge < -0.3 is 9.13 Å². The van der Waals surface area contributed by atoms with Gasteiger partial charge in [-0.25, -0.2) is 0 Å². The maximum atomic E-state index is 2.47. The maximum absolute atomic E-state index is 2.47. The minimum atomic E-state index is 1.16. The molecule has 0 spiro atoms. The van der Waals surface area contributed by atoms with Crippen LogP contribution in [0.1, 0.15) is 0 Å². The topological polar surface area (TPSA) is 9.86 Å². The van der Waals surface area contributed by atoms with Crippen LogP contribution in [0.15, 0.2) is 206 Å². The first-order chi connectivity index (χ1) is 28.3. The van der Waals surface area contributed by atoms with Crippen molar-refractivity contribution in [3.63, 3.8) is 0 Å². The molecule has 12 aromatic rings. The standard InChI is InChI=1S/C54H34N2S/c1-2-13-35(14-3-1)36-25-27-37(28-26-36)38-15-12-16-39(31-38)46-33-41(34-48-45-20-7-11-24-53(45)57-54(46)48)56-51-23-10-6-19-44(51)47-32-40(29-30-52(47)56)55-49-21-8-4-17-42(49)43-18-5-9-22-50(43)55/h1-34H. The lowest BCUT2D eigenvalue weighted by Gasteiger charge is -2.14. The number of nitrogens with zero attached hydrogens (tertiary/aromatic N) is 2. The lowest BCUT2D eigenvalue weighted by atomic mass is 9.96. The minimum absolute atomic E-state index is 1.16. The van der Waals surface area contributed by atoms with Crippen molar-refractivity contribution in [2.75, 3.05) is 0 Å². The zero-order valence-electron chi connectivity index (χ0n) is 30.9. The van der Waals surface area contributed by atoms with Crippen molar-refractivity contribution in [3.05, 3.63) is 206 Å². The van der Waals surface area contributed by atoms with Crippen molar-refractivity contribution in [3.8, 4) is 44.8 Å². The zero-order chi connectivity index (χ0) is 37.5. The van der Waals surface area contributed by atoms with E-state index in [0.29, 0.717) is 0 Å². The van der Waals surface area contributed by atoms with Gasteiger partial charge in [-0.1, -0.05) is 146 Å². The van der Waals surface area contributed by atoms with E-state index in [9.17, 15) is 0 Å². The normalized spacial score (nSPS) is 11.9. The van der Waals surface area contributed by atoms with Crippen LogP contribution in [0.4, 0.5) is 0 Å². The molecule has 2 nitrogen and oxygen atoms in total. The smallest absolute Gasteiger partial charge is 0.0542 e. The van der Waals surface area contributed by atoms with Crippen molar-refractivity contribution in [2.24, 2.45) is 0 Å². The Morgan fingerprint density at radius 2 is 0.772 bits per heavy atom. The van der Waals surface area contributed by atoms with Crippen molar-refractivity contribution in [1.82, 2.24) is 9.13 Å². The summed E-state index contributed by atoms with van der Waals surface area (Å²) in [7, 11) is 0. The molecule has 3 aromatic heterocycles. The number of hydrogen-bond acceptors (Lipinski definition) is 1. The largest absolute Gasteiger partial charge is 0.309 e. The second kappa shape index (κ2) is 12.7. The molecular weight excluding hydrogens is 709 g/mol. The highest BCUT2D eigenvalue weighted by atomic mass is 32.1. The average Bonchev–Trinajstić information content (AvgIpc) is 3.94. The maximum Gasteiger partial charge on any atom is 0.0542 e. The first kappa shape index (κ1) is 32.1. The molecule has 3 heteroatoms. The first-order valence-corrected chi connectivity index (χ1v) is 20.3. The molecule has 0 bridgehead atoms. The van der Waals surface area contributed by atoms with E-state index in [0.717, 1.165) is 11.4 Å². The number of para-hydroxylation sites is 3. The Kier molecular flexibility index (Phi) is 7.13. The molecule has 0 N–H and O–H groups in total. The van der Waals surface area contributed by atoms with Gasteiger partial charge in [0.15, 0.2) is 0 Å². The van der Waals surface area contributed by atoms with Crippen molar-refractivity contribution in [1.29, 1.82) is 0 Å². The molecule has 0 aliphatic rings. The summed E-state index contributed by atoms with van der Waals surface area (Å²) in [6.45, 7) is 0. The molecule has 0 saturated heterocycles. The Labute approximate surface area is 333 Å². The summed E-state index contributed by atoms with van der Waals surface area (Å²) in [6.07, 6.45) is 0. The second-order valence-corrected chi connectivity index (χ2v) is 16.0. The lowest BCUT2D eigenvalue weighted by Crippen LogP contribution is -1.96. The molecule has 0 radical (unpaired) electrons. The van der Waals surface area contributed by atoms with Crippen molar-refractivity contribution >= 4 is 75.1 Å². The Hall–Kier alpha value is -7.20. The highest BCUT2D eigenvalue weighted by Gasteiger charge is 2.19. The van der Waals surface area contributed by atoms with Gasteiger partial charge in [-0.3, -0.25) is 0 Å². The molecular formula is C54H34N2S. The first-order valence-electron chi connectivity index (χ1n) is 19.5. The third-order valence-electron chi connectivity index (χ3n) is 11.7. The van der Waals surface area contributed by atoms with Crippen LogP contribution in [0.5, 0.6) is 0 Å². The molecule has 0 atom stereocenters. The van der Waals surface area contributed by atoms with Gasteiger partial charge in [-0.05, 0) is 88.5 Å². The van der Waals surface area contributed by atoms with Crippen molar-refractivity contribution in [2.45, 2.75) is 0 Å². The summed E-state index contributed by atoms with van der Waals surface area (Å²) >= 11 is 1.89. The van der Waals surface area contributed by atoms with E-state index in [4.69, 9.17) is 0 Å². The summed E-state index contributed by atoms with van der Waals surface area (Å²) in [6, 6.07) is 75.7. The van der Waals surface area contributed by atoms with Crippen LogP contribution in [0, 0.1) is 0 Å². The van der Waals surface area contributed by atoms with Crippen LogP contribution in [-0.2, 0) is 0 Å². The Morgan fingerprint density at radius 1 is 0.281 bits per heavy atom. The monoisotopic (exact) mass is 742 g/mol. The predicted octanol–water partition coefficient (Wildman–Crippen LogP) is 15.2. The number of benzene rings is 9. The highest BCUT2D eigenvalue weighted by molar-refractivity contribution is 7.26. The molecule has 3 heterocycles. The summed E-state index contributed by atoms with van der Waals surface area (Å²) in [5.41, 5.74) is 14.5. The molecule has 9 aromatic carbocycles. The van der Waals surface area contributed by atoms with E-state index in [1.54, 1.807) is 0 Å². The Bertz CT molecular complexity index is 3460.